The van der Waals surface area contributed by atoms with Gasteiger partial charge in [-0.15, -0.1) is 0 Å². The third kappa shape index (κ3) is 2.75. The van der Waals surface area contributed by atoms with Crippen LogP contribution in [-0.4, -0.2) is 35.4 Å². The van der Waals surface area contributed by atoms with E-state index in [0.29, 0.717) is 0 Å². The van der Waals surface area contributed by atoms with Crippen molar-refractivity contribution in [3.63, 3.8) is 0 Å². The van der Waals surface area contributed by atoms with Crippen LogP contribution in [0.2, 0.25) is 0 Å². The highest BCUT2D eigenvalue weighted by molar-refractivity contribution is 5.95. The molecule has 2 rings (SSSR count). The van der Waals surface area contributed by atoms with Gasteiger partial charge in [-0.1, -0.05) is 0 Å². The molecule has 0 spiro atoms. The summed E-state index contributed by atoms with van der Waals surface area (Å²) in [6.07, 6.45) is 2.24. The fraction of sp³-hybridized carbons (Fsp3) is 0.538. The number of hydrogen-bond donors (Lipinski definition) is 1. The lowest BCUT2D eigenvalue weighted by Crippen LogP contribution is -2.27. The molecule has 0 aliphatic carbocycles. The maximum atomic E-state index is 12.2. The second kappa shape index (κ2) is 5.17. The average molecular weight is 233 g/mol. The van der Waals surface area contributed by atoms with Gasteiger partial charge in [-0.25, -0.2) is 4.98 Å². The topological polar surface area (TPSA) is 45.2 Å². The number of likely N-dealkylation sites (tertiary alicyclic amines) is 1. The van der Waals surface area contributed by atoms with Crippen molar-refractivity contribution in [1.29, 1.82) is 0 Å². The molecule has 1 aliphatic rings. The summed E-state index contributed by atoms with van der Waals surface area (Å²) < 4.78 is 0. The van der Waals surface area contributed by atoms with Crippen molar-refractivity contribution in [2.45, 2.75) is 26.7 Å². The Hall–Kier alpha value is -1.58. The lowest BCUT2D eigenvalue weighted by atomic mass is 10.2. The number of pyridine rings is 1. The third-order valence-corrected chi connectivity index (χ3v) is 2.95. The van der Waals surface area contributed by atoms with Crippen LogP contribution in [0.1, 0.15) is 35.8 Å². The molecule has 17 heavy (non-hydrogen) atoms. The van der Waals surface area contributed by atoms with E-state index < -0.39 is 0 Å². The Kier molecular flexibility index (Phi) is 3.61. The summed E-state index contributed by atoms with van der Waals surface area (Å²) in [6, 6.07) is 3.71. The molecule has 0 atom stereocenters. The van der Waals surface area contributed by atoms with E-state index in [1.54, 1.807) is 0 Å². The molecule has 0 bridgehead atoms. The SMILES string of the molecule is CCNc1cc(C(=O)N2CCCC2)cc(C)n1. The van der Waals surface area contributed by atoms with Gasteiger partial charge in [-0.3, -0.25) is 4.79 Å². The van der Waals surface area contributed by atoms with Gasteiger partial charge in [0.2, 0.25) is 0 Å². The minimum Gasteiger partial charge on any atom is -0.370 e. The van der Waals surface area contributed by atoms with Gasteiger partial charge < -0.3 is 10.2 Å². The van der Waals surface area contributed by atoms with E-state index in [4.69, 9.17) is 0 Å². The smallest absolute Gasteiger partial charge is 0.254 e. The zero-order valence-electron chi connectivity index (χ0n) is 10.5. The molecule has 4 nitrogen and oxygen atoms in total. The summed E-state index contributed by atoms with van der Waals surface area (Å²) >= 11 is 0. The van der Waals surface area contributed by atoms with E-state index in [9.17, 15) is 4.79 Å². The van der Waals surface area contributed by atoms with Crippen molar-refractivity contribution in [3.8, 4) is 0 Å². The fourth-order valence-electron chi connectivity index (χ4n) is 2.17. The van der Waals surface area contributed by atoms with Crippen LogP contribution in [0.3, 0.4) is 0 Å². The van der Waals surface area contributed by atoms with Crippen LogP contribution in [-0.2, 0) is 0 Å². The summed E-state index contributed by atoms with van der Waals surface area (Å²) in [6.45, 7) is 6.52. The molecule has 0 unspecified atom stereocenters. The quantitative estimate of drug-likeness (QED) is 0.869. The molecule has 0 aromatic carbocycles. The summed E-state index contributed by atoms with van der Waals surface area (Å²) in [5, 5.41) is 3.15. The van der Waals surface area contributed by atoms with Crippen LogP contribution >= 0.6 is 0 Å². The van der Waals surface area contributed by atoms with Crippen LogP contribution in [0.4, 0.5) is 5.82 Å². The average Bonchev–Trinajstić information content (AvgIpc) is 2.81. The zero-order chi connectivity index (χ0) is 12.3. The molecule has 2 heterocycles. The molecule has 0 radical (unpaired) electrons. The molecular formula is C13H19N3O. The van der Waals surface area contributed by atoms with Gasteiger partial charge in [0.05, 0.1) is 0 Å². The largest absolute Gasteiger partial charge is 0.370 e. The summed E-state index contributed by atoms with van der Waals surface area (Å²) in [5.74, 6) is 0.919. The molecule has 1 aliphatic heterocycles. The number of aromatic nitrogens is 1. The first kappa shape index (κ1) is 11.9. The maximum Gasteiger partial charge on any atom is 0.254 e. The Morgan fingerprint density at radius 1 is 1.41 bits per heavy atom. The molecule has 1 N–H and O–H groups in total. The lowest BCUT2D eigenvalue weighted by Gasteiger charge is -2.16. The second-order valence-electron chi connectivity index (χ2n) is 4.41. The van der Waals surface area contributed by atoms with E-state index in [2.05, 4.69) is 10.3 Å². The first-order valence-electron chi connectivity index (χ1n) is 6.22. The molecule has 1 aromatic heterocycles. The standard InChI is InChI=1S/C13H19N3O/c1-3-14-12-9-11(8-10(2)15-12)13(17)16-6-4-5-7-16/h8-9H,3-7H2,1-2H3,(H,14,15). The van der Waals surface area contributed by atoms with Crippen LogP contribution in [0.15, 0.2) is 12.1 Å². The van der Waals surface area contributed by atoms with Crippen LogP contribution in [0.5, 0.6) is 0 Å². The van der Waals surface area contributed by atoms with E-state index in [1.807, 2.05) is 30.9 Å². The molecule has 4 heteroatoms. The fourth-order valence-corrected chi connectivity index (χ4v) is 2.17. The number of nitrogens with zero attached hydrogens (tertiary/aromatic N) is 2. The number of anilines is 1. The number of rotatable bonds is 3. The van der Waals surface area contributed by atoms with Crippen molar-refractivity contribution in [2.75, 3.05) is 25.0 Å². The van der Waals surface area contributed by atoms with Gasteiger partial charge >= 0.3 is 0 Å². The van der Waals surface area contributed by atoms with E-state index in [0.717, 1.165) is 49.6 Å². The number of carbonyl (C=O) groups excluding carboxylic acids is 1. The summed E-state index contributed by atoms with van der Waals surface area (Å²) in [4.78, 5) is 18.5. The maximum absolute atomic E-state index is 12.2. The molecule has 1 saturated heterocycles. The summed E-state index contributed by atoms with van der Waals surface area (Å²) in [5.41, 5.74) is 1.63. The minimum absolute atomic E-state index is 0.132. The Balaban J connectivity index is 2.21. The van der Waals surface area contributed by atoms with Gasteiger partial charge in [0.15, 0.2) is 0 Å². The van der Waals surface area contributed by atoms with E-state index in [-0.39, 0.29) is 5.91 Å². The molecule has 1 fully saturated rings. The van der Waals surface area contributed by atoms with E-state index in [1.165, 1.54) is 0 Å². The second-order valence-corrected chi connectivity index (χ2v) is 4.41. The molecular weight excluding hydrogens is 214 g/mol. The van der Waals surface area contributed by atoms with Gasteiger partial charge in [0, 0.05) is 30.9 Å². The van der Waals surface area contributed by atoms with Crippen molar-refractivity contribution in [1.82, 2.24) is 9.88 Å². The highest BCUT2D eigenvalue weighted by Crippen LogP contribution is 2.16. The van der Waals surface area contributed by atoms with Crippen molar-refractivity contribution in [3.05, 3.63) is 23.4 Å². The highest BCUT2D eigenvalue weighted by atomic mass is 16.2. The first-order valence-corrected chi connectivity index (χ1v) is 6.22. The van der Waals surface area contributed by atoms with Crippen molar-refractivity contribution < 1.29 is 4.79 Å². The monoisotopic (exact) mass is 233 g/mol. The number of aryl methyl sites for hydroxylation is 1. The number of amides is 1. The van der Waals surface area contributed by atoms with Gasteiger partial charge in [0.25, 0.3) is 5.91 Å². The van der Waals surface area contributed by atoms with Gasteiger partial charge in [-0.2, -0.15) is 0 Å². The Morgan fingerprint density at radius 3 is 2.76 bits per heavy atom. The summed E-state index contributed by atoms with van der Waals surface area (Å²) in [7, 11) is 0. The van der Waals surface area contributed by atoms with E-state index >= 15 is 0 Å². The third-order valence-electron chi connectivity index (χ3n) is 2.95. The molecule has 0 saturated carbocycles. The highest BCUT2D eigenvalue weighted by Gasteiger charge is 2.20. The predicted molar refractivity (Wildman–Crippen MR) is 68.3 cm³/mol. The van der Waals surface area contributed by atoms with Crippen molar-refractivity contribution in [2.24, 2.45) is 0 Å². The van der Waals surface area contributed by atoms with Gasteiger partial charge in [-0.05, 0) is 38.8 Å². The van der Waals surface area contributed by atoms with Crippen LogP contribution in [0.25, 0.3) is 0 Å². The minimum atomic E-state index is 0.132. The van der Waals surface area contributed by atoms with Crippen molar-refractivity contribution >= 4 is 11.7 Å². The number of nitrogens with one attached hydrogen (secondary N) is 1. The number of carbonyl (C=O) groups is 1. The normalized spacial score (nSPS) is 15.1. The first-order chi connectivity index (χ1) is 8.20. The Bertz CT molecular complexity index is 411. The Labute approximate surface area is 102 Å². The zero-order valence-corrected chi connectivity index (χ0v) is 10.5. The predicted octanol–water partition coefficient (Wildman–Crippen LogP) is 2.06. The molecule has 92 valence electrons. The van der Waals surface area contributed by atoms with Crippen LogP contribution < -0.4 is 5.32 Å². The molecule has 1 amide bonds. The molecule has 1 aromatic rings. The van der Waals surface area contributed by atoms with Gasteiger partial charge in [0.1, 0.15) is 5.82 Å². The van der Waals surface area contributed by atoms with Crippen LogP contribution in [0, 0.1) is 6.92 Å². The number of hydrogen-bond acceptors (Lipinski definition) is 3. The Morgan fingerprint density at radius 2 is 2.12 bits per heavy atom. The lowest BCUT2D eigenvalue weighted by molar-refractivity contribution is 0.0792.